The Morgan fingerprint density at radius 1 is 1.38 bits per heavy atom. The van der Waals surface area contributed by atoms with Gasteiger partial charge in [0.25, 0.3) is 0 Å². The van der Waals surface area contributed by atoms with Crippen LogP contribution < -0.4 is 10.0 Å². The molecular formula is C13H13ClN6O3S. The van der Waals surface area contributed by atoms with Gasteiger partial charge in [0.1, 0.15) is 10.7 Å². The number of H-pyrrole nitrogens is 1. The largest absolute Gasteiger partial charge is 0.467 e. The SMILES string of the molecule is CNS(=O)(=O)c1cc(-c2nnn[nH]2)c(NCc2ccco2)cc1Cl. The highest BCUT2D eigenvalue weighted by atomic mass is 35.5. The molecule has 0 saturated heterocycles. The fourth-order valence-electron chi connectivity index (χ4n) is 2.08. The molecule has 3 aromatic rings. The number of aromatic amines is 1. The van der Waals surface area contributed by atoms with Crippen LogP contribution in [0.4, 0.5) is 5.69 Å². The van der Waals surface area contributed by atoms with E-state index in [0.717, 1.165) is 0 Å². The highest BCUT2D eigenvalue weighted by Gasteiger charge is 2.21. The van der Waals surface area contributed by atoms with Crippen molar-refractivity contribution in [3.63, 3.8) is 0 Å². The summed E-state index contributed by atoms with van der Waals surface area (Å²) in [6, 6.07) is 6.49. The Balaban J connectivity index is 2.05. The molecule has 2 aromatic heterocycles. The van der Waals surface area contributed by atoms with Gasteiger partial charge in [-0.1, -0.05) is 11.6 Å². The summed E-state index contributed by atoms with van der Waals surface area (Å²) < 4.78 is 31.7. The van der Waals surface area contributed by atoms with E-state index >= 15 is 0 Å². The van der Waals surface area contributed by atoms with Gasteiger partial charge in [0, 0.05) is 11.3 Å². The Morgan fingerprint density at radius 3 is 2.83 bits per heavy atom. The molecule has 126 valence electrons. The zero-order valence-electron chi connectivity index (χ0n) is 12.4. The molecule has 0 aliphatic rings. The van der Waals surface area contributed by atoms with Gasteiger partial charge in [-0.25, -0.2) is 18.2 Å². The number of halogens is 1. The van der Waals surface area contributed by atoms with Gasteiger partial charge >= 0.3 is 0 Å². The molecule has 0 saturated carbocycles. The van der Waals surface area contributed by atoms with Crippen LogP contribution in [-0.4, -0.2) is 36.1 Å². The van der Waals surface area contributed by atoms with E-state index in [0.29, 0.717) is 29.4 Å². The van der Waals surface area contributed by atoms with Crippen molar-refractivity contribution in [2.24, 2.45) is 0 Å². The fraction of sp³-hybridized carbons (Fsp3) is 0.154. The average molecular weight is 369 g/mol. The molecule has 0 atom stereocenters. The lowest BCUT2D eigenvalue weighted by molar-refractivity contribution is 0.518. The van der Waals surface area contributed by atoms with Gasteiger partial charge in [0.05, 0.1) is 17.8 Å². The van der Waals surface area contributed by atoms with Crippen LogP contribution in [0.3, 0.4) is 0 Å². The van der Waals surface area contributed by atoms with Crippen LogP contribution in [0.1, 0.15) is 5.76 Å². The predicted octanol–water partition coefficient (Wildman–Crippen LogP) is 1.63. The Kier molecular flexibility index (Phi) is 4.51. The summed E-state index contributed by atoms with van der Waals surface area (Å²) in [6.45, 7) is 0.385. The third-order valence-electron chi connectivity index (χ3n) is 3.26. The van der Waals surface area contributed by atoms with Crippen LogP contribution in [0, 0.1) is 0 Å². The smallest absolute Gasteiger partial charge is 0.241 e. The standard InChI is InChI=1S/C13H13ClN6O3S/c1-15-24(21,22)12-5-9(13-17-19-20-18-13)11(6-10(12)14)16-7-8-3-2-4-23-8/h2-6,15-16H,7H2,1H3,(H,17,18,19,20). The summed E-state index contributed by atoms with van der Waals surface area (Å²) in [7, 11) is -2.42. The number of tetrazole rings is 1. The van der Waals surface area contributed by atoms with Gasteiger partial charge in [0.2, 0.25) is 10.0 Å². The lowest BCUT2D eigenvalue weighted by Crippen LogP contribution is -2.19. The lowest BCUT2D eigenvalue weighted by atomic mass is 10.1. The van der Waals surface area contributed by atoms with E-state index in [2.05, 4.69) is 30.7 Å². The maximum absolute atomic E-state index is 12.1. The molecule has 0 unspecified atom stereocenters. The third kappa shape index (κ3) is 3.25. The number of rotatable bonds is 6. The molecule has 3 rings (SSSR count). The Labute approximate surface area is 142 Å². The Morgan fingerprint density at radius 2 is 2.21 bits per heavy atom. The maximum Gasteiger partial charge on any atom is 0.241 e. The first-order chi connectivity index (χ1) is 11.5. The maximum atomic E-state index is 12.1. The lowest BCUT2D eigenvalue weighted by Gasteiger charge is -2.13. The molecule has 11 heteroatoms. The summed E-state index contributed by atoms with van der Waals surface area (Å²) in [6.07, 6.45) is 1.56. The monoisotopic (exact) mass is 368 g/mol. The van der Waals surface area contributed by atoms with Crippen molar-refractivity contribution in [1.29, 1.82) is 0 Å². The second-order valence-electron chi connectivity index (χ2n) is 4.72. The van der Waals surface area contributed by atoms with E-state index in [-0.39, 0.29) is 9.92 Å². The summed E-state index contributed by atoms with van der Waals surface area (Å²) in [5, 5.41) is 16.7. The number of nitrogens with one attached hydrogen (secondary N) is 3. The van der Waals surface area contributed by atoms with Gasteiger partial charge in [-0.3, -0.25) is 0 Å². The molecule has 0 bridgehead atoms. The van der Waals surface area contributed by atoms with Gasteiger partial charge in [-0.2, -0.15) is 0 Å². The normalized spacial score (nSPS) is 11.6. The van der Waals surface area contributed by atoms with Crippen molar-refractivity contribution in [3.8, 4) is 11.4 Å². The molecule has 0 radical (unpaired) electrons. The second-order valence-corrected chi connectivity index (χ2v) is 6.98. The second kappa shape index (κ2) is 6.59. The van der Waals surface area contributed by atoms with Crippen molar-refractivity contribution in [2.45, 2.75) is 11.4 Å². The van der Waals surface area contributed by atoms with Crippen LogP contribution in [0.5, 0.6) is 0 Å². The molecule has 0 aliphatic heterocycles. The van der Waals surface area contributed by atoms with Crippen molar-refractivity contribution in [2.75, 3.05) is 12.4 Å². The van der Waals surface area contributed by atoms with Crippen molar-refractivity contribution >= 4 is 27.3 Å². The first-order valence-electron chi connectivity index (χ1n) is 6.78. The summed E-state index contributed by atoms with van der Waals surface area (Å²) in [5.41, 5.74) is 1.02. The minimum absolute atomic E-state index is 0.0679. The number of nitrogens with zero attached hydrogens (tertiary/aromatic N) is 3. The summed E-state index contributed by atoms with van der Waals surface area (Å²) >= 11 is 6.14. The zero-order chi connectivity index (χ0) is 17.2. The number of benzene rings is 1. The van der Waals surface area contributed by atoms with Gasteiger partial charge in [-0.05, 0) is 41.7 Å². The van der Waals surface area contributed by atoms with E-state index in [1.54, 1.807) is 12.3 Å². The number of hydrogen-bond acceptors (Lipinski definition) is 7. The molecule has 0 amide bonds. The molecule has 0 fully saturated rings. The number of hydrogen-bond donors (Lipinski definition) is 3. The van der Waals surface area contributed by atoms with Gasteiger partial charge < -0.3 is 9.73 Å². The van der Waals surface area contributed by atoms with Gasteiger partial charge in [-0.15, -0.1) is 5.10 Å². The number of aromatic nitrogens is 4. The number of sulfonamides is 1. The minimum Gasteiger partial charge on any atom is -0.467 e. The average Bonchev–Trinajstić information content (AvgIpc) is 3.26. The first-order valence-corrected chi connectivity index (χ1v) is 8.65. The van der Waals surface area contributed by atoms with E-state index in [9.17, 15) is 8.42 Å². The summed E-state index contributed by atoms with van der Waals surface area (Å²) in [5.74, 6) is 1.01. The third-order valence-corrected chi connectivity index (χ3v) is 5.14. The van der Waals surface area contributed by atoms with E-state index in [1.165, 1.54) is 19.2 Å². The predicted molar refractivity (Wildman–Crippen MR) is 86.9 cm³/mol. The van der Waals surface area contributed by atoms with Crippen LogP contribution >= 0.6 is 11.6 Å². The fourth-order valence-corrected chi connectivity index (χ4v) is 3.36. The van der Waals surface area contributed by atoms with Crippen molar-refractivity contribution < 1.29 is 12.8 Å². The van der Waals surface area contributed by atoms with Crippen molar-refractivity contribution in [3.05, 3.63) is 41.3 Å². The molecule has 0 aliphatic carbocycles. The van der Waals surface area contributed by atoms with E-state index in [1.807, 2.05) is 6.07 Å². The van der Waals surface area contributed by atoms with Crippen LogP contribution in [0.2, 0.25) is 5.02 Å². The molecule has 24 heavy (non-hydrogen) atoms. The number of anilines is 1. The zero-order valence-corrected chi connectivity index (χ0v) is 14.0. The molecule has 1 aromatic carbocycles. The first kappa shape index (κ1) is 16.4. The number of furan rings is 1. The minimum atomic E-state index is -3.73. The van der Waals surface area contributed by atoms with Crippen LogP contribution in [-0.2, 0) is 16.6 Å². The van der Waals surface area contributed by atoms with Crippen LogP contribution in [0.15, 0.2) is 39.8 Å². The highest BCUT2D eigenvalue weighted by molar-refractivity contribution is 7.89. The molecule has 2 heterocycles. The highest BCUT2D eigenvalue weighted by Crippen LogP contribution is 2.33. The molecular weight excluding hydrogens is 356 g/mol. The molecule has 0 spiro atoms. The Bertz CT molecular complexity index is 925. The van der Waals surface area contributed by atoms with E-state index < -0.39 is 10.0 Å². The van der Waals surface area contributed by atoms with E-state index in [4.69, 9.17) is 16.0 Å². The topological polar surface area (TPSA) is 126 Å². The van der Waals surface area contributed by atoms with Crippen molar-refractivity contribution in [1.82, 2.24) is 25.3 Å². The quantitative estimate of drug-likeness (QED) is 0.603. The Hall–Kier alpha value is -2.43. The van der Waals surface area contributed by atoms with Gasteiger partial charge in [0.15, 0.2) is 5.82 Å². The molecule has 9 nitrogen and oxygen atoms in total. The van der Waals surface area contributed by atoms with Crippen LogP contribution in [0.25, 0.3) is 11.4 Å². The molecule has 3 N–H and O–H groups in total. The summed E-state index contributed by atoms with van der Waals surface area (Å²) in [4.78, 5) is -0.0679.